The van der Waals surface area contributed by atoms with Crippen LogP contribution in [0.15, 0.2) is 42.6 Å². The zero-order valence-corrected chi connectivity index (χ0v) is 26.1. The molecule has 2 N–H and O–H groups in total. The van der Waals surface area contributed by atoms with Crippen LogP contribution >= 0.6 is 11.3 Å². The fraction of sp³-hybridized carbons (Fsp3) is 0.412. The lowest BCUT2D eigenvalue weighted by Gasteiger charge is -2.32. The van der Waals surface area contributed by atoms with Crippen LogP contribution in [0.2, 0.25) is 0 Å². The number of carboxylic acids is 1. The third-order valence-electron chi connectivity index (χ3n) is 9.04. The molecule has 1 saturated carbocycles. The number of hydrogen-bond donors (Lipinski definition) is 2. The summed E-state index contributed by atoms with van der Waals surface area (Å²) in [7, 11) is 0. The third kappa shape index (κ3) is 5.83. The summed E-state index contributed by atoms with van der Waals surface area (Å²) in [6.45, 7) is 10.8. The molecule has 0 unspecified atom stereocenters. The molecule has 0 atom stereocenters. The molecule has 1 aliphatic carbocycles. The highest BCUT2D eigenvalue weighted by Crippen LogP contribution is 2.38. The van der Waals surface area contributed by atoms with Gasteiger partial charge in [0.25, 0.3) is 0 Å². The number of aromatic carboxylic acids is 1. The van der Waals surface area contributed by atoms with E-state index in [1.165, 1.54) is 33.3 Å². The first-order chi connectivity index (χ1) is 20.7. The molecule has 9 heteroatoms. The van der Waals surface area contributed by atoms with Crippen molar-refractivity contribution >= 4 is 28.9 Å². The number of aromatic nitrogens is 3. The minimum absolute atomic E-state index is 0.206. The second-order valence-electron chi connectivity index (χ2n) is 11.8. The van der Waals surface area contributed by atoms with Gasteiger partial charge in [-0.1, -0.05) is 25.1 Å². The average Bonchev–Trinajstić information content (AvgIpc) is 3.71. The quantitative estimate of drug-likeness (QED) is 0.218. The predicted octanol–water partition coefficient (Wildman–Crippen LogP) is 6.91. The first-order valence-corrected chi connectivity index (χ1v) is 16.1. The monoisotopic (exact) mass is 597 g/mol. The van der Waals surface area contributed by atoms with Gasteiger partial charge in [-0.25, -0.2) is 14.5 Å². The highest BCUT2D eigenvalue weighted by Gasteiger charge is 2.35. The second kappa shape index (κ2) is 12.0. The van der Waals surface area contributed by atoms with Crippen LogP contribution in [0.4, 0.5) is 5.69 Å². The van der Waals surface area contributed by atoms with E-state index in [1.807, 2.05) is 25.1 Å². The van der Waals surface area contributed by atoms with Crippen molar-refractivity contribution in [2.45, 2.75) is 72.3 Å². The molecule has 4 aromatic rings. The highest BCUT2D eigenvalue weighted by atomic mass is 32.1. The van der Waals surface area contributed by atoms with Crippen LogP contribution in [0.25, 0.3) is 16.4 Å². The number of nitrogens with zero attached hydrogens (tertiary/aromatic N) is 4. The third-order valence-corrected chi connectivity index (χ3v) is 10.3. The zero-order valence-electron chi connectivity index (χ0n) is 25.3. The number of pyridine rings is 1. The average molecular weight is 598 g/mol. The Labute approximate surface area is 256 Å². The van der Waals surface area contributed by atoms with Crippen LogP contribution in [0.1, 0.15) is 81.7 Å². The van der Waals surface area contributed by atoms with Gasteiger partial charge < -0.3 is 15.3 Å². The zero-order chi connectivity index (χ0) is 30.2. The normalized spacial score (nSPS) is 15.6. The van der Waals surface area contributed by atoms with E-state index in [9.17, 15) is 14.7 Å². The molecule has 0 bridgehead atoms. The summed E-state index contributed by atoms with van der Waals surface area (Å²) in [5, 5.41) is 17.6. The summed E-state index contributed by atoms with van der Waals surface area (Å²) in [5.74, 6) is 0.799. The van der Waals surface area contributed by atoms with Crippen molar-refractivity contribution in [1.82, 2.24) is 19.7 Å². The lowest BCUT2D eigenvalue weighted by molar-refractivity contribution is -0.133. The predicted molar refractivity (Wildman–Crippen MR) is 170 cm³/mol. The van der Waals surface area contributed by atoms with E-state index in [0.717, 1.165) is 55.0 Å². The van der Waals surface area contributed by atoms with Gasteiger partial charge in [-0.15, -0.1) is 11.3 Å². The van der Waals surface area contributed by atoms with Gasteiger partial charge in [0.05, 0.1) is 22.5 Å². The van der Waals surface area contributed by atoms with Crippen molar-refractivity contribution < 1.29 is 14.7 Å². The van der Waals surface area contributed by atoms with Gasteiger partial charge in [-0.3, -0.25) is 4.79 Å². The SMILES string of the molecule is CCc1c(C(=O)O)cnn1-c1cccc(-c2sc(C)c(C)c2CNc2ccc(C3CCN(C(=O)C4CC4)CC3)cc2C)n1. The number of piperidine rings is 1. The molecule has 0 spiro atoms. The number of aryl methyl sites for hydroxylation is 2. The molecule has 224 valence electrons. The summed E-state index contributed by atoms with van der Waals surface area (Å²) in [5.41, 5.74) is 7.86. The topological polar surface area (TPSA) is 100 Å². The smallest absolute Gasteiger partial charge is 0.339 e. The molecule has 1 aliphatic heterocycles. The van der Waals surface area contributed by atoms with Gasteiger partial charge in [0.1, 0.15) is 5.56 Å². The van der Waals surface area contributed by atoms with Crippen molar-refractivity contribution in [3.63, 3.8) is 0 Å². The number of thiophene rings is 1. The van der Waals surface area contributed by atoms with Gasteiger partial charge in [0.2, 0.25) is 5.91 Å². The van der Waals surface area contributed by atoms with Crippen molar-refractivity contribution in [2.24, 2.45) is 5.92 Å². The largest absolute Gasteiger partial charge is 0.478 e. The Morgan fingerprint density at radius 3 is 2.51 bits per heavy atom. The molecule has 8 nitrogen and oxygen atoms in total. The van der Waals surface area contributed by atoms with Crippen molar-refractivity contribution in [2.75, 3.05) is 18.4 Å². The maximum Gasteiger partial charge on any atom is 0.339 e. The number of anilines is 1. The van der Waals surface area contributed by atoms with Crippen LogP contribution in [0.5, 0.6) is 0 Å². The number of nitrogens with one attached hydrogen (secondary N) is 1. The van der Waals surface area contributed by atoms with E-state index in [2.05, 4.69) is 54.3 Å². The van der Waals surface area contributed by atoms with Gasteiger partial charge in [-0.05, 0) is 99.2 Å². The lowest BCUT2D eigenvalue weighted by Crippen LogP contribution is -2.38. The number of carbonyl (C=O) groups excluding carboxylic acids is 1. The van der Waals surface area contributed by atoms with Crippen LogP contribution < -0.4 is 5.32 Å². The second-order valence-corrected chi connectivity index (χ2v) is 13.1. The van der Waals surface area contributed by atoms with Crippen molar-refractivity contribution in [3.8, 4) is 16.4 Å². The molecule has 1 aromatic carbocycles. The van der Waals surface area contributed by atoms with E-state index in [1.54, 1.807) is 16.0 Å². The lowest BCUT2D eigenvalue weighted by atomic mass is 9.88. The summed E-state index contributed by atoms with van der Waals surface area (Å²) in [6.07, 6.45) is 6.14. The summed E-state index contributed by atoms with van der Waals surface area (Å²) in [4.78, 5) is 33.5. The minimum Gasteiger partial charge on any atom is -0.478 e. The maximum absolute atomic E-state index is 12.5. The molecular weight excluding hydrogens is 558 g/mol. The number of carbonyl (C=O) groups is 2. The van der Waals surface area contributed by atoms with E-state index >= 15 is 0 Å². The van der Waals surface area contributed by atoms with E-state index < -0.39 is 5.97 Å². The Balaban J connectivity index is 1.18. The van der Waals surface area contributed by atoms with Gasteiger partial charge in [-0.2, -0.15) is 5.10 Å². The summed E-state index contributed by atoms with van der Waals surface area (Å²) in [6, 6.07) is 12.6. The molecule has 43 heavy (non-hydrogen) atoms. The Hall–Kier alpha value is -3.98. The van der Waals surface area contributed by atoms with Crippen LogP contribution in [-0.2, 0) is 17.8 Å². The van der Waals surface area contributed by atoms with Crippen LogP contribution in [-0.4, -0.2) is 49.7 Å². The number of amides is 1. The molecule has 6 rings (SSSR count). The molecular formula is C34H39N5O3S. The fourth-order valence-electron chi connectivity index (χ4n) is 6.20. The van der Waals surface area contributed by atoms with Crippen LogP contribution in [0.3, 0.4) is 0 Å². The van der Waals surface area contributed by atoms with Gasteiger partial charge in [0.15, 0.2) is 5.82 Å². The maximum atomic E-state index is 12.5. The molecule has 2 fully saturated rings. The van der Waals surface area contributed by atoms with Gasteiger partial charge in [0, 0.05) is 36.1 Å². The van der Waals surface area contributed by atoms with Crippen molar-refractivity contribution in [1.29, 1.82) is 0 Å². The van der Waals surface area contributed by atoms with E-state index in [-0.39, 0.29) is 5.56 Å². The standard InChI is InChI=1S/C34H39N5O3S/c1-5-30-27(34(41)42)19-36-39(30)31-8-6-7-29(37-31)32-26(21(3)22(4)43-32)18-35-28-12-11-25(17-20(28)2)23-13-15-38(16-14-23)33(40)24-9-10-24/h6-8,11-12,17,19,23-24,35H,5,9-10,13-16,18H2,1-4H3,(H,41,42). The summed E-state index contributed by atoms with van der Waals surface area (Å²) < 4.78 is 1.64. The fourth-order valence-corrected chi connectivity index (χ4v) is 7.35. The molecule has 4 heterocycles. The van der Waals surface area contributed by atoms with Gasteiger partial charge >= 0.3 is 5.97 Å². The number of benzene rings is 1. The highest BCUT2D eigenvalue weighted by molar-refractivity contribution is 7.15. The number of rotatable bonds is 9. The first-order valence-electron chi connectivity index (χ1n) is 15.2. The molecule has 0 radical (unpaired) electrons. The van der Waals surface area contributed by atoms with E-state index in [0.29, 0.717) is 42.2 Å². The molecule has 3 aromatic heterocycles. The molecule has 1 amide bonds. The van der Waals surface area contributed by atoms with Crippen LogP contribution in [0, 0.1) is 26.7 Å². The summed E-state index contributed by atoms with van der Waals surface area (Å²) >= 11 is 1.73. The number of carboxylic acid groups (broad SMARTS) is 1. The first kappa shape index (κ1) is 29.1. The number of hydrogen-bond acceptors (Lipinski definition) is 6. The Kier molecular flexibility index (Phi) is 8.09. The molecule has 2 aliphatic rings. The van der Waals surface area contributed by atoms with Crippen molar-refractivity contribution in [3.05, 3.63) is 81.0 Å². The minimum atomic E-state index is -0.980. The Morgan fingerprint density at radius 1 is 1.07 bits per heavy atom. The van der Waals surface area contributed by atoms with E-state index in [4.69, 9.17) is 4.98 Å². The Bertz CT molecular complexity index is 1680. The Morgan fingerprint density at radius 2 is 1.84 bits per heavy atom. The molecule has 1 saturated heterocycles. The number of likely N-dealkylation sites (tertiary alicyclic amines) is 1.